The van der Waals surface area contributed by atoms with Gasteiger partial charge in [0.1, 0.15) is 0 Å². The number of primary amides is 1. The Kier molecular flexibility index (Phi) is 4.94. The Morgan fingerprint density at radius 2 is 1.92 bits per heavy atom. The summed E-state index contributed by atoms with van der Waals surface area (Å²) in [5.74, 6) is 0.764. The zero-order valence-corrected chi connectivity index (χ0v) is 12.6. The van der Waals surface area contributed by atoms with Crippen molar-refractivity contribution in [2.24, 2.45) is 21.9 Å². The first kappa shape index (κ1) is 17.9. The number of aliphatic hydroxyl groups is 1. The van der Waals surface area contributed by atoms with E-state index in [0.29, 0.717) is 12.0 Å². The Hall–Kier alpha value is -2.40. The van der Waals surface area contributed by atoms with Gasteiger partial charge in [0.15, 0.2) is 0 Å². The van der Waals surface area contributed by atoms with E-state index in [4.69, 9.17) is 12.2 Å². The maximum Gasteiger partial charge on any atom is 0.442 e. The molecule has 0 unspecified atom stereocenters. The summed E-state index contributed by atoms with van der Waals surface area (Å²) >= 11 is 0. The van der Waals surface area contributed by atoms with Crippen LogP contribution < -0.4 is 5.73 Å². The summed E-state index contributed by atoms with van der Waals surface area (Å²) in [7, 11) is 0. The predicted octanol–water partition coefficient (Wildman–Crippen LogP) is 2.29. The molecule has 0 bridgehead atoms. The third kappa shape index (κ3) is 3.57. The second kappa shape index (κ2) is 6.61. The van der Waals surface area contributed by atoms with Gasteiger partial charge in [-0.25, -0.2) is 0 Å². The highest BCUT2D eigenvalue weighted by Gasteiger charge is 2.65. The van der Waals surface area contributed by atoms with Crippen molar-refractivity contribution < 1.29 is 23.1 Å². The van der Waals surface area contributed by atoms with Gasteiger partial charge in [0, 0.05) is 12.0 Å². The number of halogens is 3. The monoisotopic (exact) mass is 339 g/mol. The lowest BCUT2D eigenvalue weighted by Gasteiger charge is -2.18. The number of amides is 1. The molecule has 1 heterocycles. The minimum Gasteiger partial charge on any atom is -0.392 e. The van der Waals surface area contributed by atoms with Gasteiger partial charge in [0.05, 0.1) is 12.0 Å². The van der Waals surface area contributed by atoms with Crippen LogP contribution in [0.25, 0.3) is 0 Å². The Morgan fingerprint density at radius 1 is 1.33 bits per heavy atom. The number of nitrogens with zero attached hydrogens (tertiary/aromatic N) is 2. The van der Waals surface area contributed by atoms with Gasteiger partial charge in [-0.2, -0.15) is 13.2 Å². The molecule has 0 aliphatic carbocycles. The number of aryl methyl sites for hydroxylation is 1. The molecule has 1 aliphatic heterocycles. The largest absolute Gasteiger partial charge is 0.442 e. The molecule has 2 rings (SSSR count). The predicted molar refractivity (Wildman–Crippen MR) is 79.5 cm³/mol. The van der Waals surface area contributed by atoms with E-state index in [1.807, 2.05) is 0 Å². The molecule has 0 radical (unpaired) electrons. The van der Waals surface area contributed by atoms with Crippen LogP contribution >= 0.6 is 0 Å². The molecule has 2 atom stereocenters. The van der Waals surface area contributed by atoms with Gasteiger partial charge < -0.3 is 10.8 Å². The Labute approximate surface area is 136 Å². The van der Waals surface area contributed by atoms with Crippen LogP contribution in [0.1, 0.15) is 24.0 Å². The summed E-state index contributed by atoms with van der Waals surface area (Å²) in [6, 6.07) is 5.64. The lowest BCUT2D eigenvalue weighted by Crippen LogP contribution is -2.33. The number of rotatable bonds is 7. The molecule has 0 saturated heterocycles. The summed E-state index contributed by atoms with van der Waals surface area (Å²) in [5.41, 5.74) is 3.40. The molecular formula is C16H16F3N3O2. The van der Waals surface area contributed by atoms with Gasteiger partial charge >= 0.3 is 11.8 Å². The molecule has 1 aliphatic rings. The molecule has 0 aromatic heterocycles. The lowest BCUT2D eigenvalue weighted by atomic mass is 9.92. The van der Waals surface area contributed by atoms with Gasteiger partial charge in [0.2, 0.25) is 5.91 Å². The average molecular weight is 339 g/mol. The fourth-order valence-electron chi connectivity index (χ4n) is 2.42. The summed E-state index contributed by atoms with van der Waals surface area (Å²) in [6.07, 6.45) is 0.179. The fourth-order valence-corrected chi connectivity index (χ4v) is 2.42. The van der Waals surface area contributed by atoms with E-state index in [-0.39, 0.29) is 18.4 Å². The van der Waals surface area contributed by atoms with E-state index in [1.165, 1.54) is 24.3 Å². The van der Waals surface area contributed by atoms with Crippen LogP contribution in [0.15, 0.2) is 34.5 Å². The summed E-state index contributed by atoms with van der Waals surface area (Å²) < 4.78 is 38.7. The fraction of sp³-hybridized carbons (Fsp3) is 0.438. The number of nitrogens with two attached hydrogens (primary N) is 1. The zero-order valence-electron chi connectivity index (χ0n) is 12.6. The van der Waals surface area contributed by atoms with Crippen molar-refractivity contribution in [2.45, 2.75) is 37.2 Å². The number of aliphatic hydroxyl groups excluding tert-OH is 1. The van der Waals surface area contributed by atoms with Crippen molar-refractivity contribution in [3.63, 3.8) is 0 Å². The van der Waals surface area contributed by atoms with E-state index >= 15 is 0 Å². The number of alkyl halides is 3. The molecule has 5 nitrogen and oxygen atoms in total. The summed E-state index contributed by atoms with van der Waals surface area (Å²) in [6.45, 7) is 0. The van der Waals surface area contributed by atoms with Crippen LogP contribution in [0.5, 0.6) is 0 Å². The van der Waals surface area contributed by atoms with Crippen molar-refractivity contribution in [1.29, 1.82) is 0 Å². The minimum absolute atomic E-state index is 0.0343. The molecule has 1 amide bonds. The van der Waals surface area contributed by atoms with E-state index in [9.17, 15) is 23.1 Å². The van der Waals surface area contributed by atoms with Gasteiger partial charge in [-0.1, -0.05) is 24.3 Å². The standard InChI is InChI=1S/C16H16F3N3O2/c1-2-3-12(14(20)24)13(23)9-6-10-4-7-11(8-5-10)15(21-22-15)16(17,18)19/h1,4-5,7-8,12-13,23H,3,6,9H2,(H2,20,24)/t12-,13+/m1/s1. The highest BCUT2D eigenvalue weighted by Crippen LogP contribution is 2.52. The molecule has 0 fully saturated rings. The first-order chi connectivity index (χ1) is 11.2. The van der Waals surface area contributed by atoms with Crippen LogP contribution in [0.4, 0.5) is 13.2 Å². The van der Waals surface area contributed by atoms with Crippen molar-refractivity contribution >= 4 is 5.91 Å². The first-order valence-corrected chi connectivity index (χ1v) is 7.22. The topological polar surface area (TPSA) is 88.0 Å². The molecule has 128 valence electrons. The molecule has 3 N–H and O–H groups in total. The minimum atomic E-state index is -4.56. The third-order valence-electron chi connectivity index (χ3n) is 3.95. The number of terminal acetylenes is 1. The molecule has 1 aromatic rings. The van der Waals surface area contributed by atoms with E-state index in [0.717, 1.165) is 0 Å². The molecular weight excluding hydrogens is 323 g/mol. The van der Waals surface area contributed by atoms with Crippen LogP contribution in [0, 0.1) is 18.3 Å². The number of hydrogen-bond acceptors (Lipinski definition) is 4. The van der Waals surface area contributed by atoms with E-state index < -0.39 is 29.8 Å². The van der Waals surface area contributed by atoms with Crippen molar-refractivity contribution in [3.8, 4) is 12.3 Å². The smallest absolute Gasteiger partial charge is 0.392 e. The first-order valence-electron chi connectivity index (χ1n) is 7.22. The Morgan fingerprint density at radius 3 is 2.33 bits per heavy atom. The van der Waals surface area contributed by atoms with Gasteiger partial charge in [-0.3, -0.25) is 4.79 Å². The Balaban J connectivity index is 1.98. The van der Waals surface area contributed by atoms with Crippen LogP contribution in [-0.4, -0.2) is 23.3 Å². The molecule has 0 spiro atoms. The van der Waals surface area contributed by atoms with Crippen molar-refractivity contribution in [2.75, 3.05) is 0 Å². The van der Waals surface area contributed by atoms with Crippen LogP contribution in [0.3, 0.4) is 0 Å². The van der Waals surface area contributed by atoms with Crippen molar-refractivity contribution in [1.82, 2.24) is 0 Å². The normalized spacial score (nSPS) is 17.8. The van der Waals surface area contributed by atoms with Gasteiger partial charge in [0.25, 0.3) is 0 Å². The van der Waals surface area contributed by atoms with Crippen molar-refractivity contribution in [3.05, 3.63) is 35.4 Å². The SMILES string of the molecule is C#CC[C@@H](C(N)=O)[C@@H](O)CCc1ccc(C2(C(F)(F)F)N=N2)cc1. The lowest BCUT2D eigenvalue weighted by molar-refractivity contribution is -0.166. The number of carbonyl (C=O) groups is 1. The Bertz CT molecular complexity index is 671. The second-order valence-corrected chi connectivity index (χ2v) is 5.59. The number of hydrogen-bond donors (Lipinski definition) is 2. The molecule has 24 heavy (non-hydrogen) atoms. The second-order valence-electron chi connectivity index (χ2n) is 5.59. The van der Waals surface area contributed by atoms with E-state index in [1.54, 1.807) is 0 Å². The highest BCUT2D eigenvalue weighted by atomic mass is 19.4. The van der Waals surface area contributed by atoms with Gasteiger partial charge in [-0.15, -0.1) is 22.6 Å². The highest BCUT2D eigenvalue weighted by molar-refractivity contribution is 5.77. The number of benzene rings is 1. The zero-order chi connectivity index (χ0) is 18.0. The number of carbonyl (C=O) groups excluding carboxylic acids is 1. The van der Waals surface area contributed by atoms with Gasteiger partial charge in [-0.05, 0) is 18.4 Å². The quantitative estimate of drug-likeness (QED) is 0.747. The maximum atomic E-state index is 12.9. The summed E-state index contributed by atoms with van der Waals surface area (Å²) in [4.78, 5) is 11.2. The third-order valence-corrected chi connectivity index (χ3v) is 3.95. The maximum absolute atomic E-state index is 12.9. The average Bonchev–Trinajstić information content (AvgIpc) is 3.32. The molecule has 1 aromatic carbocycles. The molecule has 0 saturated carbocycles. The summed E-state index contributed by atoms with van der Waals surface area (Å²) in [5, 5.41) is 16.3. The van der Waals surface area contributed by atoms with Crippen LogP contribution in [-0.2, 0) is 16.9 Å². The van der Waals surface area contributed by atoms with E-state index in [2.05, 4.69) is 16.1 Å². The van der Waals surface area contributed by atoms with Crippen LogP contribution in [0.2, 0.25) is 0 Å². The molecule has 8 heteroatoms.